The monoisotopic (exact) mass is 289 g/mol. The quantitative estimate of drug-likeness (QED) is 0.886. The van der Waals surface area contributed by atoms with Crippen LogP contribution in [0.3, 0.4) is 0 Å². The zero-order valence-electron chi connectivity index (χ0n) is 13.4. The molecule has 114 valence electrons. The molecule has 5 nitrogen and oxygen atoms in total. The van der Waals surface area contributed by atoms with Crippen molar-refractivity contribution in [2.24, 2.45) is 0 Å². The number of hydrogen-bond donors (Lipinski definition) is 1. The van der Waals surface area contributed by atoms with E-state index in [-0.39, 0.29) is 0 Å². The second-order valence-electron chi connectivity index (χ2n) is 5.51. The number of benzene rings is 1. The van der Waals surface area contributed by atoms with Crippen LogP contribution in [0, 0.1) is 20.8 Å². The van der Waals surface area contributed by atoms with Crippen LogP contribution in [0.1, 0.15) is 35.3 Å². The fourth-order valence-corrected chi connectivity index (χ4v) is 2.34. The van der Waals surface area contributed by atoms with Crippen LogP contribution in [0.2, 0.25) is 0 Å². The van der Waals surface area contributed by atoms with Gasteiger partial charge in [0.1, 0.15) is 5.75 Å². The fraction of sp³-hybridized carbons (Fsp3) is 0.500. The van der Waals surface area contributed by atoms with Crippen molar-refractivity contribution in [1.82, 2.24) is 15.5 Å². The van der Waals surface area contributed by atoms with Crippen LogP contribution < -0.4 is 10.1 Å². The molecular weight excluding hydrogens is 266 g/mol. The molecule has 1 N–H and O–H groups in total. The van der Waals surface area contributed by atoms with Gasteiger partial charge in [-0.3, -0.25) is 0 Å². The highest BCUT2D eigenvalue weighted by atomic mass is 16.5. The first-order valence-corrected chi connectivity index (χ1v) is 7.19. The first-order chi connectivity index (χ1) is 9.99. The molecule has 0 radical (unpaired) electrons. The molecule has 0 saturated heterocycles. The van der Waals surface area contributed by atoms with E-state index in [1.807, 2.05) is 20.9 Å². The molecule has 0 spiro atoms. The standard InChI is InChI=1S/C16H23N3O2/c1-10-6-11(2)16(12(3)7-10)20-9-15-18-14(19-21-15)8-13(4)17-5/h6-7,13,17H,8-9H2,1-5H3. The molecule has 0 fully saturated rings. The lowest BCUT2D eigenvalue weighted by atomic mass is 10.1. The smallest absolute Gasteiger partial charge is 0.264 e. The van der Waals surface area contributed by atoms with Crippen molar-refractivity contribution >= 4 is 0 Å². The third-order valence-corrected chi connectivity index (χ3v) is 3.44. The van der Waals surface area contributed by atoms with Crippen molar-refractivity contribution in [3.05, 3.63) is 40.5 Å². The number of nitrogens with one attached hydrogen (secondary N) is 1. The number of aryl methyl sites for hydroxylation is 3. The van der Waals surface area contributed by atoms with E-state index in [9.17, 15) is 0 Å². The van der Waals surface area contributed by atoms with Gasteiger partial charge >= 0.3 is 0 Å². The van der Waals surface area contributed by atoms with E-state index in [0.29, 0.717) is 24.4 Å². The SMILES string of the molecule is CNC(C)Cc1noc(COc2c(C)cc(C)cc2C)n1. The van der Waals surface area contributed by atoms with Crippen molar-refractivity contribution in [2.75, 3.05) is 7.05 Å². The van der Waals surface area contributed by atoms with E-state index in [1.54, 1.807) is 0 Å². The Morgan fingerprint density at radius 2 is 1.90 bits per heavy atom. The summed E-state index contributed by atoms with van der Waals surface area (Å²) in [6, 6.07) is 4.53. The Bertz CT molecular complexity index is 584. The molecule has 0 aliphatic rings. The summed E-state index contributed by atoms with van der Waals surface area (Å²) in [5.74, 6) is 2.10. The molecule has 1 aromatic carbocycles. The summed E-state index contributed by atoms with van der Waals surface area (Å²) in [6.45, 7) is 8.54. The number of aromatic nitrogens is 2. The van der Waals surface area contributed by atoms with Gasteiger partial charge in [0.15, 0.2) is 12.4 Å². The van der Waals surface area contributed by atoms with Crippen LogP contribution in [0.4, 0.5) is 0 Å². The Morgan fingerprint density at radius 3 is 2.52 bits per heavy atom. The first kappa shape index (κ1) is 15.5. The molecule has 1 atom stereocenters. The van der Waals surface area contributed by atoms with Crippen LogP contribution in [-0.2, 0) is 13.0 Å². The lowest BCUT2D eigenvalue weighted by Crippen LogP contribution is -2.24. The van der Waals surface area contributed by atoms with Crippen LogP contribution in [0.15, 0.2) is 16.7 Å². The molecule has 2 aromatic rings. The lowest BCUT2D eigenvalue weighted by molar-refractivity contribution is 0.240. The normalized spacial score (nSPS) is 12.4. The first-order valence-electron chi connectivity index (χ1n) is 7.19. The van der Waals surface area contributed by atoms with Crippen molar-refractivity contribution in [3.8, 4) is 5.75 Å². The average molecular weight is 289 g/mol. The van der Waals surface area contributed by atoms with Gasteiger partial charge in [-0.2, -0.15) is 4.98 Å². The van der Waals surface area contributed by atoms with E-state index in [0.717, 1.165) is 23.3 Å². The predicted octanol–water partition coefficient (Wildman–Crippen LogP) is 2.72. The maximum atomic E-state index is 5.84. The van der Waals surface area contributed by atoms with Gasteiger partial charge in [-0.1, -0.05) is 22.9 Å². The third-order valence-electron chi connectivity index (χ3n) is 3.44. The van der Waals surface area contributed by atoms with E-state index in [4.69, 9.17) is 9.26 Å². The van der Waals surface area contributed by atoms with E-state index < -0.39 is 0 Å². The van der Waals surface area contributed by atoms with E-state index in [1.165, 1.54) is 5.56 Å². The zero-order valence-corrected chi connectivity index (χ0v) is 13.4. The Morgan fingerprint density at radius 1 is 1.24 bits per heavy atom. The van der Waals surface area contributed by atoms with Gasteiger partial charge in [0.05, 0.1) is 0 Å². The number of nitrogens with zero attached hydrogens (tertiary/aromatic N) is 2. The molecule has 0 aliphatic carbocycles. The maximum absolute atomic E-state index is 5.84. The topological polar surface area (TPSA) is 60.2 Å². The van der Waals surface area contributed by atoms with Crippen molar-refractivity contribution in [2.45, 2.75) is 46.8 Å². The third kappa shape index (κ3) is 4.04. The maximum Gasteiger partial charge on any atom is 0.264 e. The van der Waals surface area contributed by atoms with E-state index >= 15 is 0 Å². The highest BCUT2D eigenvalue weighted by molar-refractivity contribution is 5.42. The molecule has 2 rings (SSSR count). The summed E-state index contributed by atoms with van der Waals surface area (Å²) in [6.07, 6.45) is 0.739. The summed E-state index contributed by atoms with van der Waals surface area (Å²) in [4.78, 5) is 4.35. The highest BCUT2D eigenvalue weighted by Crippen LogP contribution is 2.25. The van der Waals surface area contributed by atoms with Gasteiger partial charge in [-0.15, -0.1) is 0 Å². The van der Waals surface area contributed by atoms with Crippen LogP contribution in [0.5, 0.6) is 5.75 Å². The van der Waals surface area contributed by atoms with Crippen molar-refractivity contribution in [3.63, 3.8) is 0 Å². The molecule has 21 heavy (non-hydrogen) atoms. The average Bonchev–Trinajstić information content (AvgIpc) is 2.85. The molecule has 1 heterocycles. The second kappa shape index (κ2) is 6.72. The Labute approximate surface area is 125 Å². The molecular formula is C16H23N3O2. The fourth-order valence-electron chi connectivity index (χ4n) is 2.34. The molecule has 1 unspecified atom stereocenters. The second-order valence-corrected chi connectivity index (χ2v) is 5.51. The van der Waals surface area contributed by atoms with Gasteiger partial charge < -0.3 is 14.6 Å². The minimum Gasteiger partial charge on any atom is -0.483 e. The minimum absolute atomic E-state index is 0.297. The number of likely N-dealkylation sites (N-methyl/N-ethyl adjacent to an activating group) is 1. The van der Waals surface area contributed by atoms with Gasteiger partial charge in [-0.05, 0) is 45.9 Å². The number of rotatable bonds is 6. The molecule has 1 aromatic heterocycles. The molecule has 0 saturated carbocycles. The number of hydrogen-bond acceptors (Lipinski definition) is 5. The highest BCUT2D eigenvalue weighted by Gasteiger charge is 2.11. The number of ether oxygens (including phenoxy) is 1. The zero-order chi connectivity index (χ0) is 15.4. The summed E-state index contributed by atoms with van der Waals surface area (Å²) in [5, 5.41) is 7.12. The minimum atomic E-state index is 0.297. The summed E-state index contributed by atoms with van der Waals surface area (Å²) < 4.78 is 11.1. The van der Waals surface area contributed by atoms with Gasteiger partial charge in [0, 0.05) is 12.5 Å². The molecule has 0 aliphatic heterocycles. The Balaban J connectivity index is 2.01. The Hall–Kier alpha value is -1.88. The van der Waals surface area contributed by atoms with Gasteiger partial charge in [0.2, 0.25) is 0 Å². The van der Waals surface area contributed by atoms with Crippen molar-refractivity contribution < 1.29 is 9.26 Å². The largest absolute Gasteiger partial charge is 0.483 e. The molecule has 0 bridgehead atoms. The molecule has 5 heteroatoms. The van der Waals surface area contributed by atoms with Crippen LogP contribution in [-0.4, -0.2) is 23.2 Å². The van der Waals surface area contributed by atoms with Crippen molar-refractivity contribution in [1.29, 1.82) is 0 Å². The van der Waals surface area contributed by atoms with Gasteiger partial charge in [-0.25, -0.2) is 0 Å². The van der Waals surface area contributed by atoms with E-state index in [2.05, 4.69) is 41.4 Å². The van der Waals surface area contributed by atoms with Crippen LogP contribution >= 0.6 is 0 Å². The summed E-state index contributed by atoms with van der Waals surface area (Å²) in [5.41, 5.74) is 3.48. The molecule has 0 amide bonds. The lowest BCUT2D eigenvalue weighted by Gasteiger charge is -2.11. The summed E-state index contributed by atoms with van der Waals surface area (Å²) >= 11 is 0. The predicted molar refractivity (Wildman–Crippen MR) is 81.5 cm³/mol. The van der Waals surface area contributed by atoms with Crippen LogP contribution in [0.25, 0.3) is 0 Å². The Kier molecular flexibility index (Phi) is 4.96. The van der Waals surface area contributed by atoms with Gasteiger partial charge in [0.25, 0.3) is 5.89 Å². The summed E-state index contributed by atoms with van der Waals surface area (Å²) in [7, 11) is 1.91.